The lowest BCUT2D eigenvalue weighted by molar-refractivity contribution is -0.122. The van der Waals surface area contributed by atoms with Crippen LogP contribution in [0.3, 0.4) is 0 Å². The summed E-state index contributed by atoms with van der Waals surface area (Å²) in [6.45, 7) is 3.21. The van der Waals surface area contributed by atoms with Gasteiger partial charge in [-0.2, -0.15) is 0 Å². The van der Waals surface area contributed by atoms with E-state index in [0.717, 1.165) is 13.0 Å². The quantitative estimate of drug-likeness (QED) is 0.558. The van der Waals surface area contributed by atoms with E-state index in [1.807, 2.05) is 6.92 Å². The summed E-state index contributed by atoms with van der Waals surface area (Å²) in [5, 5.41) is 5.85. The molecule has 0 fully saturated rings. The molecule has 0 saturated carbocycles. The summed E-state index contributed by atoms with van der Waals surface area (Å²) < 4.78 is 4.96. The molecule has 1 aromatic rings. The molecule has 0 saturated heterocycles. The zero-order valence-corrected chi connectivity index (χ0v) is 11.5. The molecule has 1 rings (SSSR count). The van der Waals surface area contributed by atoms with Crippen LogP contribution >= 0.6 is 0 Å². The molecule has 0 aliphatic carbocycles. The van der Waals surface area contributed by atoms with E-state index in [-0.39, 0.29) is 19.1 Å². The Balaban J connectivity index is 2.44. The van der Waals surface area contributed by atoms with E-state index in [9.17, 15) is 9.59 Å². The van der Waals surface area contributed by atoms with Crippen LogP contribution in [0.5, 0.6) is 0 Å². The fourth-order valence-electron chi connectivity index (χ4n) is 1.50. The number of hydrogen-bond acceptors (Lipinski definition) is 5. The molecule has 1 heterocycles. The molecular weight excluding hydrogens is 260 g/mol. The largest absolute Gasteiger partial charge is 0.383 e. The van der Waals surface area contributed by atoms with Gasteiger partial charge in [0.2, 0.25) is 5.91 Å². The zero-order valence-electron chi connectivity index (χ0n) is 11.5. The van der Waals surface area contributed by atoms with E-state index in [2.05, 4.69) is 15.6 Å². The number of rotatable bonds is 9. The summed E-state index contributed by atoms with van der Waals surface area (Å²) in [7, 11) is 0. The van der Waals surface area contributed by atoms with Crippen LogP contribution in [-0.4, -0.2) is 43.1 Å². The van der Waals surface area contributed by atoms with Gasteiger partial charge in [-0.1, -0.05) is 6.92 Å². The molecular formula is C13H20N4O3. The topological polar surface area (TPSA) is 106 Å². The number of anilines is 1. The maximum absolute atomic E-state index is 12.0. The molecule has 0 unspecified atom stereocenters. The molecule has 0 aromatic carbocycles. The monoisotopic (exact) mass is 280 g/mol. The van der Waals surface area contributed by atoms with Gasteiger partial charge in [0.05, 0.1) is 24.1 Å². The average molecular weight is 280 g/mol. The number of amides is 2. The maximum Gasteiger partial charge on any atom is 0.253 e. The zero-order chi connectivity index (χ0) is 14.8. The third-order valence-electron chi connectivity index (χ3n) is 2.41. The second kappa shape index (κ2) is 8.87. The average Bonchev–Trinajstić information content (AvgIpc) is 2.44. The third kappa shape index (κ3) is 5.66. The van der Waals surface area contributed by atoms with Gasteiger partial charge in [0.15, 0.2) is 0 Å². The van der Waals surface area contributed by atoms with Gasteiger partial charge in [-0.05, 0) is 12.5 Å². The molecule has 20 heavy (non-hydrogen) atoms. The summed E-state index contributed by atoms with van der Waals surface area (Å²) >= 11 is 0. The fourth-order valence-corrected chi connectivity index (χ4v) is 1.50. The molecule has 110 valence electrons. The number of nitrogens with two attached hydrogens (primary N) is 1. The van der Waals surface area contributed by atoms with Crippen molar-refractivity contribution in [3.8, 4) is 0 Å². The minimum absolute atomic E-state index is 0.144. The van der Waals surface area contributed by atoms with Crippen molar-refractivity contribution in [3.05, 3.63) is 24.0 Å². The van der Waals surface area contributed by atoms with Gasteiger partial charge in [0.1, 0.15) is 6.61 Å². The minimum Gasteiger partial charge on any atom is -0.383 e. The first-order chi connectivity index (χ1) is 9.65. The number of ether oxygens (including phenoxy) is 1. The van der Waals surface area contributed by atoms with Crippen LogP contribution in [0.15, 0.2) is 18.5 Å². The van der Waals surface area contributed by atoms with Gasteiger partial charge < -0.3 is 21.1 Å². The molecule has 0 radical (unpaired) electrons. The summed E-state index contributed by atoms with van der Waals surface area (Å²) in [4.78, 5) is 26.4. The van der Waals surface area contributed by atoms with E-state index in [0.29, 0.717) is 17.8 Å². The molecule has 1 aromatic heterocycles. The van der Waals surface area contributed by atoms with Gasteiger partial charge >= 0.3 is 0 Å². The molecule has 7 heteroatoms. The van der Waals surface area contributed by atoms with E-state index >= 15 is 0 Å². The predicted octanol–water partition coefficient (Wildman–Crippen LogP) is 0.135. The Morgan fingerprint density at radius 1 is 1.40 bits per heavy atom. The second-order valence-electron chi connectivity index (χ2n) is 4.12. The lowest BCUT2D eigenvalue weighted by Crippen LogP contribution is -2.29. The molecule has 0 aliphatic heterocycles. The van der Waals surface area contributed by atoms with Crippen LogP contribution in [0.2, 0.25) is 0 Å². The number of carbonyl (C=O) groups excluding carboxylic acids is 2. The summed E-state index contributed by atoms with van der Waals surface area (Å²) in [5.41, 5.74) is 6.16. The third-order valence-corrected chi connectivity index (χ3v) is 2.41. The Morgan fingerprint density at radius 2 is 2.20 bits per heavy atom. The maximum atomic E-state index is 12.0. The van der Waals surface area contributed by atoms with E-state index in [1.54, 1.807) is 18.5 Å². The number of carbonyl (C=O) groups is 2. The van der Waals surface area contributed by atoms with Gasteiger partial charge in [0, 0.05) is 19.3 Å². The summed E-state index contributed by atoms with van der Waals surface area (Å²) in [5.74, 6) is -0.745. The number of pyridine rings is 1. The lowest BCUT2D eigenvalue weighted by Gasteiger charge is -2.11. The van der Waals surface area contributed by atoms with Crippen LogP contribution in [0, 0.1) is 0 Å². The van der Waals surface area contributed by atoms with Gasteiger partial charge in [-0.15, -0.1) is 0 Å². The first kappa shape index (κ1) is 15.9. The van der Waals surface area contributed by atoms with Crippen LogP contribution in [0.1, 0.15) is 23.7 Å². The van der Waals surface area contributed by atoms with Crippen molar-refractivity contribution in [2.24, 2.45) is 5.73 Å². The number of nitrogens with one attached hydrogen (secondary N) is 2. The van der Waals surface area contributed by atoms with Gasteiger partial charge in [-0.25, -0.2) is 0 Å². The highest BCUT2D eigenvalue weighted by Crippen LogP contribution is 2.12. The number of primary amides is 1. The molecule has 2 amide bonds. The normalized spacial score (nSPS) is 10.1. The smallest absolute Gasteiger partial charge is 0.253 e. The first-order valence-corrected chi connectivity index (χ1v) is 6.47. The number of nitrogens with zero attached hydrogens (tertiary/aromatic N) is 1. The van der Waals surface area contributed by atoms with Gasteiger partial charge in [-0.3, -0.25) is 14.6 Å². The van der Waals surface area contributed by atoms with Crippen LogP contribution in [0.25, 0.3) is 0 Å². The van der Waals surface area contributed by atoms with E-state index in [1.165, 1.54) is 0 Å². The van der Waals surface area contributed by atoms with Gasteiger partial charge in [0.25, 0.3) is 5.91 Å². The highest BCUT2D eigenvalue weighted by atomic mass is 16.5. The second-order valence-corrected chi connectivity index (χ2v) is 4.12. The Bertz CT molecular complexity index is 451. The van der Waals surface area contributed by atoms with Crippen LogP contribution in [-0.2, 0) is 9.53 Å². The molecule has 0 aliphatic rings. The summed E-state index contributed by atoms with van der Waals surface area (Å²) in [6, 6.07) is 1.65. The SMILES string of the molecule is CCCNc1cnccc1C(=O)NCCOCC(N)=O. The molecule has 0 spiro atoms. The van der Waals surface area contributed by atoms with Crippen molar-refractivity contribution in [2.75, 3.05) is 31.6 Å². The number of aromatic nitrogens is 1. The minimum atomic E-state index is -0.531. The first-order valence-electron chi connectivity index (χ1n) is 6.47. The van der Waals surface area contributed by atoms with Crippen molar-refractivity contribution in [2.45, 2.75) is 13.3 Å². The molecule has 7 nitrogen and oxygen atoms in total. The van der Waals surface area contributed by atoms with Crippen molar-refractivity contribution in [1.29, 1.82) is 0 Å². The lowest BCUT2D eigenvalue weighted by atomic mass is 10.2. The standard InChI is InChI=1S/C13H20N4O3/c1-2-4-16-11-8-15-5-3-10(11)13(19)17-6-7-20-9-12(14)18/h3,5,8,16H,2,4,6-7,9H2,1H3,(H2,14,18)(H,17,19). The van der Waals surface area contributed by atoms with Crippen molar-refractivity contribution < 1.29 is 14.3 Å². The Kier molecular flexibility index (Phi) is 7.05. The predicted molar refractivity (Wildman–Crippen MR) is 75.4 cm³/mol. The highest BCUT2D eigenvalue weighted by molar-refractivity contribution is 5.99. The van der Waals surface area contributed by atoms with E-state index < -0.39 is 5.91 Å². The molecule has 0 bridgehead atoms. The van der Waals surface area contributed by atoms with Crippen molar-refractivity contribution >= 4 is 17.5 Å². The fraction of sp³-hybridized carbons (Fsp3) is 0.462. The summed E-state index contributed by atoms with van der Waals surface area (Å²) in [6.07, 6.45) is 4.14. The van der Waals surface area contributed by atoms with Crippen LogP contribution in [0.4, 0.5) is 5.69 Å². The molecule has 4 N–H and O–H groups in total. The van der Waals surface area contributed by atoms with Crippen LogP contribution < -0.4 is 16.4 Å². The Hall–Kier alpha value is -2.15. The number of hydrogen-bond donors (Lipinski definition) is 3. The Labute approximate surface area is 117 Å². The van der Waals surface area contributed by atoms with Crippen molar-refractivity contribution in [1.82, 2.24) is 10.3 Å². The van der Waals surface area contributed by atoms with Crippen molar-refractivity contribution in [3.63, 3.8) is 0 Å². The highest BCUT2D eigenvalue weighted by Gasteiger charge is 2.10. The Morgan fingerprint density at radius 3 is 2.90 bits per heavy atom. The molecule has 0 atom stereocenters. The van der Waals surface area contributed by atoms with E-state index in [4.69, 9.17) is 10.5 Å².